The van der Waals surface area contributed by atoms with Crippen LogP contribution in [0.15, 0.2) is 17.8 Å². The zero-order valence-electron chi connectivity index (χ0n) is 9.40. The molecule has 2 heterocycles. The predicted octanol–water partition coefficient (Wildman–Crippen LogP) is 3.85. The number of Topliss-reactive ketones (excluding diaryl/α,β-unsaturated/α-hetero) is 1. The molecule has 2 aromatic heterocycles. The molecule has 86 valence electrons. The number of fused-ring (bicyclic) bond motifs is 1. The molecule has 1 N–H and O–H groups in total. The second kappa shape index (κ2) is 4.70. The summed E-state index contributed by atoms with van der Waals surface area (Å²) < 4.78 is 2.36. The molecule has 3 nitrogen and oxygen atoms in total. The van der Waals surface area contributed by atoms with Crippen LogP contribution in [0.4, 0.5) is 5.00 Å². The van der Waals surface area contributed by atoms with Crippen LogP contribution < -0.4 is 5.32 Å². The van der Waals surface area contributed by atoms with Crippen LogP contribution >= 0.6 is 22.7 Å². The minimum atomic E-state index is -0.187. The predicted molar refractivity (Wildman–Crippen MR) is 74.5 cm³/mol. The largest absolute Gasteiger partial charge is 0.380 e. The molecule has 0 aliphatic carbocycles. The highest BCUT2D eigenvalue weighted by atomic mass is 32.1. The molecule has 0 aliphatic rings. The average Bonchev–Trinajstić information content (AvgIpc) is 2.82. The number of anilines is 1. The Hall–Kier alpha value is -1.64. The summed E-state index contributed by atoms with van der Waals surface area (Å²) in [5.41, 5.74) is 0.188. The first-order valence-corrected chi connectivity index (χ1v) is 6.58. The third-order valence-corrected chi connectivity index (χ3v) is 4.49. The van der Waals surface area contributed by atoms with E-state index in [0.717, 1.165) is 9.88 Å². The Bertz CT molecular complexity index is 612. The Morgan fingerprint density at radius 2 is 2.12 bits per heavy atom. The van der Waals surface area contributed by atoms with Crippen molar-refractivity contribution in [3.63, 3.8) is 0 Å². The fraction of sp³-hybridized carbons (Fsp3) is 0.167. The summed E-state index contributed by atoms with van der Waals surface area (Å²) in [5, 5.41) is 4.22. The first kappa shape index (κ1) is 11.8. The van der Waals surface area contributed by atoms with Gasteiger partial charge in [0, 0.05) is 21.3 Å². The Morgan fingerprint density at radius 3 is 2.65 bits per heavy atom. The molecule has 0 saturated heterocycles. The van der Waals surface area contributed by atoms with Crippen molar-refractivity contribution in [2.75, 3.05) is 12.4 Å². The third kappa shape index (κ3) is 2.38. The molecule has 0 aliphatic heterocycles. The molecule has 0 unspecified atom stereocenters. The van der Waals surface area contributed by atoms with Gasteiger partial charge in [-0.1, -0.05) is 0 Å². The highest BCUT2D eigenvalue weighted by molar-refractivity contribution is 7.30. The van der Waals surface area contributed by atoms with Crippen LogP contribution in [0.1, 0.15) is 11.8 Å². The molecule has 0 bridgehead atoms. The van der Waals surface area contributed by atoms with Gasteiger partial charge in [0.15, 0.2) is 5.78 Å². The van der Waals surface area contributed by atoms with Gasteiger partial charge in [-0.2, -0.15) is 0 Å². The van der Waals surface area contributed by atoms with Gasteiger partial charge in [0.25, 0.3) is 0 Å². The van der Waals surface area contributed by atoms with Gasteiger partial charge >= 0.3 is 0 Å². The Morgan fingerprint density at radius 1 is 1.41 bits per heavy atom. The number of thiophene rings is 2. The van der Waals surface area contributed by atoms with Gasteiger partial charge in [-0.05, 0) is 25.1 Å². The molecule has 2 aromatic rings. The second-order valence-corrected chi connectivity index (χ2v) is 5.63. The summed E-state index contributed by atoms with van der Waals surface area (Å²) in [7, 11) is 1.89. The first-order chi connectivity index (χ1) is 8.13. The zero-order chi connectivity index (χ0) is 12.4. The molecule has 0 spiro atoms. The Balaban J connectivity index is 2.41. The molecule has 0 saturated carbocycles. The lowest BCUT2D eigenvalue weighted by atomic mass is 10.3. The summed E-state index contributed by atoms with van der Waals surface area (Å²) in [6, 6.07) is 4.09. The maximum atomic E-state index is 11.1. The van der Waals surface area contributed by atoms with Crippen LogP contribution in [0.3, 0.4) is 0 Å². The average molecular weight is 262 g/mol. The van der Waals surface area contributed by atoms with Gasteiger partial charge < -0.3 is 10.1 Å². The molecule has 0 amide bonds. The highest BCUT2D eigenvalue weighted by Gasteiger charge is 2.07. The number of hydrogen-bond donors (Lipinski definition) is 1. The van der Waals surface area contributed by atoms with E-state index < -0.39 is 0 Å². The van der Waals surface area contributed by atoms with Crippen molar-refractivity contribution < 1.29 is 4.79 Å². The number of ketones is 1. The number of allylic oxidation sites excluding steroid dienone is 1. The molecule has 0 atom stereocenters. The van der Waals surface area contributed by atoms with Crippen molar-refractivity contribution in [3.05, 3.63) is 34.1 Å². The van der Waals surface area contributed by atoms with E-state index in [1.807, 2.05) is 13.1 Å². The summed E-state index contributed by atoms with van der Waals surface area (Å²) >= 11 is 3.26. The molecule has 5 heteroatoms. The number of carbonyl (C=O) groups is 1. The van der Waals surface area contributed by atoms with Crippen molar-refractivity contribution in [2.24, 2.45) is 0 Å². The maximum Gasteiger partial charge on any atom is 0.230 e. The molecular weight excluding hydrogens is 252 g/mol. The van der Waals surface area contributed by atoms with Crippen molar-refractivity contribution in [1.29, 1.82) is 0 Å². The van der Waals surface area contributed by atoms with Gasteiger partial charge in [-0.25, -0.2) is 4.85 Å². The molecular formula is C12H10N2OS2. The molecule has 0 aromatic carbocycles. The standard InChI is InChI=1S/C12H10N2OS2/c1-7(15)9(13-2)4-8-5-10-11(16-8)6-12(14-3)17-10/h4-6,14H,1,3H3/b9-4-. The normalized spacial score (nSPS) is 11.5. The minimum Gasteiger partial charge on any atom is -0.380 e. The van der Waals surface area contributed by atoms with Crippen LogP contribution in [-0.2, 0) is 4.79 Å². The van der Waals surface area contributed by atoms with E-state index in [1.165, 1.54) is 16.3 Å². The quantitative estimate of drug-likeness (QED) is 0.673. The smallest absolute Gasteiger partial charge is 0.230 e. The highest BCUT2D eigenvalue weighted by Crippen LogP contribution is 2.36. The van der Waals surface area contributed by atoms with Crippen LogP contribution in [0.2, 0.25) is 0 Å². The van der Waals surface area contributed by atoms with E-state index in [4.69, 9.17) is 6.57 Å². The number of carbonyl (C=O) groups excluding carboxylic acids is 1. The van der Waals surface area contributed by atoms with Gasteiger partial charge in [-0.3, -0.25) is 0 Å². The van der Waals surface area contributed by atoms with Crippen molar-refractivity contribution in [1.82, 2.24) is 0 Å². The van der Waals surface area contributed by atoms with Crippen LogP contribution in [0, 0.1) is 6.57 Å². The van der Waals surface area contributed by atoms with E-state index >= 15 is 0 Å². The monoisotopic (exact) mass is 262 g/mol. The van der Waals surface area contributed by atoms with Crippen molar-refractivity contribution >= 4 is 48.9 Å². The summed E-state index contributed by atoms with van der Waals surface area (Å²) in [5.74, 6) is -0.187. The molecule has 17 heavy (non-hydrogen) atoms. The minimum absolute atomic E-state index is 0.187. The zero-order valence-corrected chi connectivity index (χ0v) is 11.0. The van der Waals surface area contributed by atoms with E-state index in [-0.39, 0.29) is 11.5 Å². The maximum absolute atomic E-state index is 11.1. The summed E-state index contributed by atoms with van der Waals surface area (Å²) in [6.45, 7) is 8.35. The van der Waals surface area contributed by atoms with Gasteiger partial charge in [-0.15, -0.1) is 22.7 Å². The summed E-state index contributed by atoms with van der Waals surface area (Å²) in [6.07, 6.45) is 1.66. The lowest BCUT2D eigenvalue weighted by Crippen LogP contribution is -1.89. The van der Waals surface area contributed by atoms with Crippen molar-refractivity contribution in [2.45, 2.75) is 6.92 Å². The van der Waals surface area contributed by atoms with E-state index in [0.29, 0.717) is 0 Å². The van der Waals surface area contributed by atoms with Gasteiger partial charge in [0.2, 0.25) is 5.70 Å². The Kier molecular flexibility index (Phi) is 3.27. The van der Waals surface area contributed by atoms with Gasteiger partial charge in [0.1, 0.15) is 0 Å². The molecule has 0 radical (unpaired) electrons. The number of rotatable bonds is 3. The van der Waals surface area contributed by atoms with Crippen LogP contribution in [-0.4, -0.2) is 12.8 Å². The van der Waals surface area contributed by atoms with Crippen molar-refractivity contribution in [3.8, 4) is 0 Å². The topological polar surface area (TPSA) is 33.5 Å². The number of nitrogens with one attached hydrogen (secondary N) is 1. The van der Waals surface area contributed by atoms with E-state index in [1.54, 1.807) is 28.7 Å². The van der Waals surface area contributed by atoms with E-state index in [2.05, 4.69) is 16.2 Å². The fourth-order valence-electron chi connectivity index (χ4n) is 1.40. The lowest BCUT2D eigenvalue weighted by Gasteiger charge is -1.90. The molecule has 2 rings (SSSR count). The fourth-order valence-corrected chi connectivity index (χ4v) is 3.59. The lowest BCUT2D eigenvalue weighted by molar-refractivity contribution is -0.113. The van der Waals surface area contributed by atoms with Crippen LogP contribution in [0.5, 0.6) is 0 Å². The number of hydrogen-bond acceptors (Lipinski definition) is 4. The van der Waals surface area contributed by atoms with Crippen LogP contribution in [0.25, 0.3) is 20.3 Å². The summed E-state index contributed by atoms with van der Waals surface area (Å²) in [4.78, 5) is 15.3. The molecule has 0 fully saturated rings. The first-order valence-electron chi connectivity index (χ1n) is 4.95. The van der Waals surface area contributed by atoms with E-state index in [9.17, 15) is 4.79 Å². The second-order valence-electron chi connectivity index (χ2n) is 3.44. The third-order valence-electron chi connectivity index (χ3n) is 2.23. The number of nitrogens with zero attached hydrogens (tertiary/aromatic N) is 1. The SMILES string of the molecule is [C-]#[N+]/C(=C\c1cc2sc(NC)cc2s1)C(C)=O. The van der Waals surface area contributed by atoms with Gasteiger partial charge in [0.05, 0.1) is 11.6 Å². The Labute approximate surface area is 107 Å².